The summed E-state index contributed by atoms with van der Waals surface area (Å²) in [7, 11) is 0. The summed E-state index contributed by atoms with van der Waals surface area (Å²) in [5.41, 5.74) is 11.9. The van der Waals surface area contributed by atoms with Gasteiger partial charge in [0.05, 0.1) is 5.52 Å². The lowest BCUT2D eigenvalue weighted by Crippen LogP contribution is -2.73. The number of fused-ring (bicyclic) bond motifs is 6. The number of nitrogens with zero attached hydrogens (tertiary/aromatic N) is 3. The fraction of sp³-hybridized carbons (Fsp3) is 0.143. The molecule has 0 atom stereocenters. The Morgan fingerprint density at radius 3 is 2.07 bits per heavy atom. The minimum Gasteiger partial charge on any atom is -0.414 e. The number of aliphatic imine (C=N–C) groups is 1. The Morgan fingerprint density at radius 2 is 1.34 bits per heavy atom. The Kier molecular flexibility index (Phi) is 5.55. The van der Waals surface area contributed by atoms with E-state index in [4.69, 9.17) is 4.99 Å². The van der Waals surface area contributed by atoms with Crippen molar-refractivity contribution in [2.24, 2.45) is 4.99 Å². The maximum absolute atomic E-state index is 16.7. The number of aromatic nitrogens is 1. The van der Waals surface area contributed by atoms with Crippen molar-refractivity contribution in [3.8, 4) is 22.3 Å². The van der Waals surface area contributed by atoms with E-state index >= 15 is 8.63 Å². The van der Waals surface area contributed by atoms with Gasteiger partial charge >= 0.3 is 6.97 Å². The maximum atomic E-state index is 16.7. The molecule has 1 aromatic heterocycles. The summed E-state index contributed by atoms with van der Waals surface area (Å²) in [6.07, 6.45) is 3.59. The first kappa shape index (κ1) is 25.4. The van der Waals surface area contributed by atoms with E-state index in [-0.39, 0.29) is 11.7 Å². The highest BCUT2D eigenvalue weighted by Gasteiger charge is 2.51. The van der Waals surface area contributed by atoms with Gasteiger partial charge in [0.2, 0.25) is 5.84 Å². The monoisotopic (exact) mass is 541 g/mol. The summed E-state index contributed by atoms with van der Waals surface area (Å²) < 4.78 is 34.6. The lowest BCUT2D eigenvalue weighted by Gasteiger charge is -2.41. The van der Waals surface area contributed by atoms with Crippen LogP contribution < -0.4 is 9.29 Å². The van der Waals surface area contributed by atoms with Crippen LogP contribution in [-0.4, -0.2) is 12.8 Å². The van der Waals surface area contributed by atoms with Gasteiger partial charge in [0.25, 0.3) is 5.82 Å². The molecule has 5 aromatic rings. The first-order chi connectivity index (χ1) is 19.6. The highest BCUT2D eigenvalue weighted by molar-refractivity contribution is 6.69. The molecule has 0 fully saturated rings. The number of benzene rings is 4. The number of amidine groups is 1. The Labute approximate surface area is 239 Å². The largest absolute Gasteiger partial charge is 0.642 e. The van der Waals surface area contributed by atoms with Crippen molar-refractivity contribution in [3.05, 3.63) is 118 Å². The van der Waals surface area contributed by atoms with Crippen LogP contribution in [0.2, 0.25) is 0 Å². The van der Waals surface area contributed by atoms with Crippen molar-refractivity contribution < 1.29 is 13.1 Å². The van der Waals surface area contributed by atoms with E-state index in [2.05, 4.69) is 58.9 Å². The minimum atomic E-state index is -4.22. The van der Waals surface area contributed by atoms with Gasteiger partial charge in [-0.05, 0) is 126 Å². The molecule has 41 heavy (non-hydrogen) atoms. The molecule has 7 rings (SSSR count). The van der Waals surface area contributed by atoms with Crippen LogP contribution in [0.4, 0.5) is 20.1 Å². The fourth-order valence-electron chi connectivity index (χ4n) is 6.84. The standard InChI is InChI=1S/C35H30BF2N3/c1-21-17-24(4)35(25(5)18-21)29-10-14-31-27(20-29)12-16-33-39-32-15-11-26-19-28(34-22(2)7-6-8-23(34)3)9-13-30(26)40(32)36(37,38)41(31)33/h6-20H,1-5H3. The molecule has 0 bridgehead atoms. The Bertz CT molecular complexity index is 1950. The third-order valence-electron chi connectivity index (χ3n) is 8.48. The Hall–Kier alpha value is -4.58. The second kappa shape index (κ2) is 8.97. The van der Waals surface area contributed by atoms with Crippen molar-refractivity contribution >= 4 is 41.3 Å². The van der Waals surface area contributed by atoms with Gasteiger partial charge in [-0.25, -0.2) is 0 Å². The second-order valence-corrected chi connectivity index (χ2v) is 11.4. The lowest BCUT2D eigenvalue weighted by atomic mass is 9.84. The van der Waals surface area contributed by atoms with E-state index in [9.17, 15) is 0 Å². The normalized spacial score (nSPS) is 14.9. The molecule has 2 aliphatic heterocycles. The number of anilines is 1. The van der Waals surface area contributed by atoms with Crippen LogP contribution in [-0.2, 0) is 0 Å². The lowest BCUT2D eigenvalue weighted by molar-refractivity contribution is -0.524. The molecular weight excluding hydrogens is 511 g/mol. The molecule has 0 amide bonds. The molecule has 3 heterocycles. The average molecular weight is 541 g/mol. The molecule has 4 aromatic carbocycles. The first-order valence-corrected chi connectivity index (χ1v) is 14.0. The minimum absolute atomic E-state index is 0.254. The first-order valence-electron chi connectivity index (χ1n) is 14.0. The number of hydrogen-bond donors (Lipinski definition) is 0. The SMILES string of the molecule is Cc1cc(C)c(-c2ccc3c(ccc4[n+]3[B-](F)(F)N3C(=N4)C=Cc4cc(-c5c(C)cccc5C)ccc43)c2)c(C)c1. The van der Waals surface area contributed by atoms with Crippen LogP contribution in [0.25, 0.3) is 39.2 Å². The van der Waals surface area contributed by atoms with Crippen LogP contribution in [0.1, 0.15) is 33.4 Å². The summed E-state index contributed by atoms with van der Waals surface area (Å²) in [5, 5.41) is 0.754. The Morgan fingerprint density at radius 1 is 0.683 bits per heavy atom. The van der Waals surface area contributed by atoms with E-state index < -0.39 is 6.97 Å². The molecule has 0 N–H and O–H groups in total. The summed E-state index contributed by atoms with van der Waals surface area (Å²) in [6.45, 7) is 6.22. The van der Waals surface area contributed by atoms with Gasteiger partial charge < -0.3 is 17.9 Å². The van der Waals surface area contributed by atoms with Crippen LogP contribution in [0.15, 0.2) is 89.9 Å². The smallest absolute Gasteiger partial charge is 0.414 e. The van der Waals surface area contributed by atoms with E-state index in [1.165, 1.54) is 16.7 Å². The molecule has 0 radical (unpaired) electrons. The summed E-state index contributed by atoms with van der Waals surface area (Å²) in [4.78, 5) is 5.82. The molecule has 6 heteroatoms. The van der Waals surface area contributed by atoms with E-state index in [1.807, 2.05) is 54.6 Å². The molecule has 202 valence electrons. The highest BCUT2D eigenvalue weighted by Crippen LogP contribution is 2.39. The number of aryl methyl sites for hydroxylation is 5. The van der Waals surface area contributed by atoms with Gasteiger partial charge in [-0.3, -0.25) is 0 Å². The van der Waals surface area contributed by atoms with Crippen LogP contribution in [0.3, 0.4) is 0 Å². The average Bonchev–Trinajstić information content (AvgIpc) is 2.91. The second-order valence-electron chi connectivity index (χ2n) is 11.4. The van der Waals surface area contributed by atoms with Crippen molar-refractivity contribution in [3.63, 3.8) is 0 Å². The third-order valence-corrected chi connectivity index (χ3v) is 8.48. The van der Waals surface area contributed by atoms with Crippen LogP contribution in [0.5, 0.6) is 0 Å². The van der Waals surface area contributed by atoms with Gasteiger partial charge in [-0.1, -0.05) is 48.0 Å². The van der Waals surface area contributed by atoms with Crippen molar-refractivity contribution in [2.45, 2.75) is 34.6 Å². The predicted octanol–water partition coefficient (Wildman–Crippen LogP) is 8.80. The molecular formula is C35H30BF2N3. The van der Waals surface area contributed by atoms with E-state index in [0.29, 0.717) is 11.2 Å². The van der Waals surface area contributed by atoms with Gasteiger partial charge in [0.1, 0.15) is 0 Å². The molecule has 3 nitrogen and oxygen atoms in total. The third kappa shape index (κ3) is 3.85. The summed E-state index contributed by atoms with van der Waals surface area (Å²) in [6, 6.07) is 25.7. The van der Waals surface area contributed by atoms with E-state index in [0.717, 1.165) is 53.6 Å². The summed E-state index contributed by atoms with van der Waals surface area (Å²) >= 11 is 0. The van der Waals surface area contributed by atoms with Gasteiger partial charge in [-0.15, -0.1) is 0 Å². The molecule has 0 saturated heterocycles. The number of hydrogen-bond acceptors (Lipinski definition) is 2. The quantitative estimate of drug-likeness (QED) is 0.205. The van der Waals surface area contributed by atoms with Crippen molar-refractivity contribution in [1.29, 1.82) is 0 Å². The van der Waals surface area contributed by atoms with E-state index in [1.54, 1.807) is 12.1 Å². The zero-order chi connectivity index (χ0) is 28.6. The Balaban J connectivity index is 1.36. The fourth-order valence-corrected chi connectivity index (χ4v) is 6.84. The van der Waals surface area contributed by atoms with Gasteiger partial charge in [0, 0.05) is 23.2 Å². The maximum Gasteiger partial charge on any atom is 0.642 e. The highest BCUT2D eigenvalue weighted by atomic mass is 19.2. The van der Waals surface area contributed by atoms with Gasteiger partial charge in [-0.2, -0.15) is 0 Å². The molecule has 0 spiro atoms. The number of halogens is 2. The summed E-state index contributed by atoms with van der Waals surface area (Å²) in [5.74, 6) is 0.508. The van der Waals surface area contributed by atoms with Crippen molar-refractivity contribution in [2.75, 3.05) is 4.81 Å². The van der Waals surface area contributed by atoms with Gasteiger partial charge in [0.15, 0.2) is 0 Å². The molecule has 2 aliphatic rings. The van der Waals surface area contributed by atoms with Crippen molar-refractivity contribution in [1.82, 2.24) is 0 Å². The van der Waals surface area contributed by atoms with Crippen LogP contribution >= 0.6 is 0 Å². The predicted molar refractivity (Wildman–Crippen MR) is 167 cm³/mol. The van der Waals surface area contributed by atoms with Crippen LogP contribution in [0, 0.1) is 34.6 Å². The molecule has 0 aliphatic carbocycles. The topological polar surface area (TPSA) is 19.5 Å². The molecule has 0 unspecified atom stereocenters. The molecule has 0 saturated carbocycles. The number of rotatable bonds is 2. The number of pyridine rings is 1. The zero-order valence-electron chi connectivity index (χ0n) is 23.8. The zero-order valence-corrected chi connectivity index (χ0v) is 23.8.